The van der Waals surface area contributed by atoms with Gasteiger partial charge in [-0.05, 0) is 39.3 Å². The van der Waals surface area contributed by atoms with Crippen LogP contribution in [-0.2, 0) is 13.0 Å². The van der Waals surface area contributed by atoms with Gasteiger partial charge in [-0.1, -0.05) is 19.1 Å². The summed E-state index contributed by atoms with van der Waals surface area (Å²) in [5.74, 6) is 0.973. The standard InChI is InChI=1S/C17H27N3O/c1-5-10-20-15-9-7-6-8-14(15)19-16(20)11-13(21)12-18-17(2,3)4/h6-9,13,18,21H,5,10-12H2,1-4H3. The molecule has 0 amide bonds. The van der Waals surface area contributed by atoms with E-state index in [4.69, 9.17) is 4.98 Å². The van der Waals surface area contributed by atoms with E-state index in [0.29, 0.717) is 13.0 Å². The summed E-state index contributed by atoms with van der Waals surface area (Å²) >= 11 is 0. The molecule has 2 rings (SSSR count). The molecule has 4 heteroatoms. The number of nitrogens with zero attached hydrogens (tertiary/aromatic N) is 2. The summed E-state index contributed by atoms with van der Waals surface area (Å²) in [6, 6.07) is 8.18. The first-order valence-corrected chi connectivity index (χ1v) is 7.78. The quantitative estimate of drug-likeness (QED) is 0.859. The number of aliphatic hydroxyl groups is 1. The molecule has 21 heavy (non-hydrogen) atoms. The SMILES string of the molecule is CCCn1c(CC(O)CNC(C)(C)C)nc2ccccc21. The van der Waals surface area contributed by atoms with Gasteiger partial charge in [-0.15, -0.1) is 0 Å². The van der Waals surface area contributed by atoms with Gasteiger partial charge in [0, 0.05) is 25.0 Å². The highest BCUT2D eigenvalue weighted by Gasteiger charge is 2.16. The molecule has 1 aromatic carbocycles. The lowest BCUT2D eigenvalue weighted by atomic mass is 10.1. The van der Waals surface area contributed by atoms with Crippen LogP contribution in [0.1, 0.15) is 39.9 Å². The Morgan fingerprint density at radius 2 is 2.00 bits per heavy atom. The lowest BCUT2D eigenvalue weighted by Crippen LogP contribution is -2.41. The van der Waals surface area contributed by atoms with E-state index in [1.165, 1.54) is 0 Å². The number of aryl methyl sites for hydroxylation is 1. The summed E-state index contributed by atoms with van der Waals surface area (Å²) in [6.45, 7) is 9.99. The van der Waals surface area contributed by atoms with Crippen molar-refractivity contribution in [1.29, 1.82) is 0 Å². The van der Waals surface area contributed by atoms with Gasteiger partial charge in [0.15, 0.2) is 0 Å². The number of para-hydroxylation sites is 2. The zero-order valence-corrected chi connectivity index (χ0v) is 13.6. The molecule has 116 valence electrons. The van der Waals surface area contributed by atoms with Crippen molar-refractivity contribution in [3.05, 3.63) is 30.1 Å². The van der Waals surface area contributed by atoms with Crippen LogP contribution in [0, 0.1) is 0 Å². The van der Waals surface area contributed by atoms with Gasteiger partial charge in [0.05, 0.1) is 17.1 Å². The Bertz CT molecular complexity index is 583. The number of benzene rings is 1. The van der Waals surface area contributed by atoms with Crippen LogP contribution in [0.2, 0.25) is 0 Å². The van der Waals surface area contributed by atoms with E-state index < -0.39 is 6.10 Å². The van der Waals surface area contributed by atoms with E-state index in [1.807, 2.05) is 18.2 Å². The highest BCUT2D eigenvalue weighted by molar-refractivity contribution is 5.75. The Kier molecular flexibility index (Phi) is 5.01. The summed E-state index contributed by atoms with van der Waals surface area (Å²) in [6.07, 6.45) is 1.22. The average molecular weight is 289 g/mol. The summed E-state index contributed by atoms with van der Waals surface area (Å²) in [5, 5.41) is 13.6. The van der Waals surface area contributed by atoms with Crippen LogP contribution in [-0.4, -0.2) is 32.8 Å². The third kappa shape index (κ3) is 4.29. The van der Waals surface area contributed by atoms with Gasteiger partial charge in [-0.2, -0.15) is 0 Å². The Hall–Kier alpha value is -1.39. The Morgan fingerprint density at radius 3 is 2.67 bits per heavy atom. The maximum Gasteiger partial charge on any atom is 0.112 e. The van der Waals surface area contributed by atoms with E-state index in [1.54, 1.807) is 0 Å². The molecular formula is C17H27N3O. The van der Waals surface area contributed by atoms with Gasteiger partial charge in [0.1, 0.15) is 5.82 Å². The maximum absolute atomic E-state index is 10.3. The normalized spacial score (nSPS) is 13.8. The van der Waals surface area contributed by atoms with Gasteiger partial charge in [0.2, 0.25) is 0 Å². The number of aromatic nitrogens is 2. The minimum Gasteiger partial charge on any atom is -0.391 e. The van der Waals surface area contributed by atoms with Crippen molar-refractivity contribution < 1.29 is 5.11 Å². The maximum atomic E-state index is 10.3. The molecule has 4 nitrogen and oxygen atoms in total. The van der Waals surface area contributed by atoms with Crippen molar-refractivity contribution in [1.82, 2.24) is 14.9 Å². The monoisotopic (exact) mass is 289 g/mol. The molecule has 2 N–H and O–H groups in total. The van der Waals surface area contributed by atoms with E-state index in [-0.39, 0.29) is 5.54 Å². The predicted molar refractivity (Wildman–Crippen MR) is 87.5 cm³/mol. The number of rotatable bonds is 6. The van der Waals surface area contributed by atoms with E-state index in [0.717, 1.165) is 29.8 Å². The second-order valence-electron chi connectivity index (χ2n) is 6.66. The molecule has 1 heterocycles. The van der Waals surface area contributed by atoms with Crippen LogP contribution in [0.15, 0.2) is 24.3 Å². The van der Waals surface area contributed by atoms with Crippen molar-refractivity contribution in [2.24, 2.45) is 0 Å². The number of nitrogens with one attached hydrogen (secondary N) is 1. The van der Waals surface area contributed by atoms with Crippen molar-refractivity contribution in [2.45, 2.75) is 58.7 Å². The minimum absolute atomic E-state index is 0.0184. The lowest BCUT2D eigenvalue weighted by Gasteiger charge is -2.23. The molecule has 1 atom stereocenters. The first-order valence-electron chi connectivity index (χ1n) is 7.78. The number of imidazole rings is 1. The first-order chi connectivity index (χ1) is 9.90. The van der Waals surface area contributed by atoms with Gasteiger partial charge < -0.3 is 15.0 Å². The molecule has 0 spiro atoms. The molecule has 0 saturated carbocycles. The molecule has 0 fully saturated rings. The largest absolute Gasteiger partial charge is 0.391 e. The van der Waals surface area contributed by atoms with Gasteiger partial charge in [0.25, 0.3) is 0 Å². The van der Waals surface area contributed by atoms with Crippen molar-refractivity contribution >= 4 is 11.0 Å². The third-order valence-corrected chi connectivity index (χ3v) is 3.47. The smallest absolute Gasteiger partial charge is 0.112 e. The summed E-state index contributed by atoms with van der Waals surface area (Å²) in [4.78, 5) is 4.69. The average Bonchev–Trinajstić information content (AvgIpc) is 2.74. The first kappa shape index (κ1) is 16.0. The Balaban J connectivity index is 2.15. The zero-order valence-electron chi connectivity index (χ0n) is 13.6. The fourth-order valence-electron chi connectivity index (χ4n) is 2.46. The summed E-state index contributed by atoms with van der Waals surface area (Å²) in [7, 11) is 0. The summed E-state index contributed by atoms with van der Waals surface area (Å²) in [5.41, 5.74) is 2.19. The molecule has 0 aliphatic heterocycles. The molecule has 2 aromatic rings. The third-order valence-electron chi connectivity index (χ3n) is 3.47. The van der Waals surface area contributed by atoms with Crippen molar-refractivity contribution in [3.8, 4) is 0 Å². The molecular weight excluding hydrogens is 262 g/mol. The van der Waals surface area contributed by atoms with E-state index in [9.17, 15) is 5.11 Å². The van der Waals surface area contributed by atoms with Crippen LogP contribution >= 0.6 is 0 Å². The van der Waals surface area contributed by atoms with Crippen LogP contribution in [0.3, 0.4) is 0 Å². The van der Waals surface area contributed by atoms with Crippen molar-refractivity contribution in [2.75, 3.05) is 6.54 Å². The van der Waals surface area contributed by atoms with Crippen LogP contribution in [0.4, 0.5) is 0 Å². The van der Waals surface area contributed by atoms with E-state index >= 15 is 0 Å². The van der Waals surface area contributed by atoms with Crippen LogP contribution < -0.4 is 5.32 Å². The second kappa shape index (κ2) is 6.58. The van der Waals surface area contributed by atoms with Crippen molar-refractivity contribution in [3.63, 3.8) is 0 Å². The van der Waals surface area contributed by atoms with Crippen LogP contribution in [0.25, 0.3) is 11.0 Å². The van der Waals surface area contributed by atoms with Gasteiger partial charge >= 0.3 is 0 Å². The molecule has 0 saturated heterocycles. The van der Waals surface area contributed by atoms with Gasteiger partial charge in [-0.3, -0.25) is 0 Å². The zero-order chi connectivity index (χ0) is 15.5. The number of hydrogen-bond acceptors (Lipinski definition) is 3. The minimum atomic E-state index is -0.420. The number of fused-ring (bicyclic) bond motifs is 1. The molecule has 0 aliphatic rings. The molecule has 1 unspecified atom stereocenters. The van der Waals surface area contributed by atoms with E-state index in [2.05, 4.69) is 43.6 Å². The Labute approximate surface area is 127 Å². The number of aliphatic hydroxyl groups excluding tert-OH is 1. The molecule has 0 radical (unpaired) electrons. The number of hydrogen-bond donors (Lipinski definition) is 2. The summed E-state index contributed by atoms with van der Waals surface area (Å²) < 4.78 is 2.23. The fourth-order valence-corrected chi connectivity index (χ4v) is 2.46. The van der Waals surface area contributed by atoms with Gasteiger partial charge in [-0.25, -0.2) is 4.98 Å². The molecule has 0 aliphatic carbocycles. The molecule has 0 bridgehead atoms. The predicted octanol–water partition coefficient (Wildman–Crippen LogP) is 2.74. The Morgan fingerprint density at radius 1 is 1.29 bits per heavy atom. The lowest BCUT2D eigenvalue weighted by molar-refractivity contribution is 0.157. The highest BCUT2D eigenvalue weighted by Crippen LogP contribution is 2.17. The highest BCUT2D eigenvalue weighted by atomic mass is 16.3. The topological polar surface area (TPSA) is 50.1 Å². The number of β-amino-alcohol motifs (C(OH)–C–C–N with tert-alkyl or cyclic N) is 1. The second-order valence-corrected chi connectivity index (χ2v) is 6.66. The van der Waals surface area contributed by atoms with Crippen LogP contribution in [0.5, 0.6) is 0 Å². The fraction of sp³-hybridized carbons (Fsp3) is 0.588. The molecule has 1 aromatic heterocycles.